The highest BCUT2D eigenvalue weighted by molar-refractivity contribution is 6.30. The molecule has 1 aromatic heterocycles. The minimum absolute atomic E-state index is 0.00391. The van der Waals surface area contributed by atoms with Gasteiger partial charge in [-0.1, -0.05) is 37.1 Å². The van der Waals surface area contributed by atoms with Crippen LogP contribution in [0.25, 0.3) is 0 Å². The Balaban J connectivity index is 1.59. The summed E-state index contributed by atoms with van der Waals surface area (Å²) >= 11 is 5.83. The molecule has 194 valence electrons. The molecule has 0 amide bonds. The number of nitrogens with zero attached hydrogens (tertiary/aromatic N) is 1. The first-order valence-corrected chi connectivity index (χ1v) is 13.2. The van der Waals surface area contributed by atoms with Crippen LogP contribution in [-0.2, 0) is 17.7 Å². The Bertz CT molecular complexity index is 1220. The molecule has 1 spiro atoms. The highest BCUT2D eigenvalue weighted by atomic mass is 35.5. The summed E-state index contributed by atoms with van der Waals surface area (Å²) in [5.74, 6) is -1.75. The van der Waals surface area contributed by atoms with Gasteiger partial charge in [-0.05, 0) is 62.0 Å². The van der Waals surface area contributed by atoms with Crippen molar-refractivity contribution in [3.05, 3.63) is 62.3 Å². The fourth-order valence-electron chi connectivity index (χ4n) is 6.01. The van der Waals surface area contributed by atoms with Crippen molar-refractivity contribution >= 4 is 23.2 Å². The van der Waals surface area contributed by atoms with Gasteiger partial charge in [0.15, 0.2) is 17.3 Å². The number of rotatable bonds is 9. The van der Waals surface area contributed by atoms with Crippen LogP contribution in [0.15, 0.2) is 29.2 Å². The number of aromatic hydroxyl groups is 1. The number of Topliss-reactive ketones (excluding diaryl/α,β-unsaturated/α-hetero) is 2. The second-order valence-electron chi connectivity index (χ2n) is 10.1. The number of aromatic nitrogens is 1. The molecule has 36 heavy (non-hydrogen) atoms. The topological polar surface area (TPSA) is 85.6 Å². The Morgan fingerprint density at radius 1 is 1.28 bits per heavy atom. The van der Waals surface area contributed by atoms with E-state index in [-0.39, 0.29) is 58.8 Å². The predicted octanol–water partition coefficient (Wildman–Crippen LogP) is 5.74. The predicted molar refractivity (Wildman–Crippen MR) is 135 cm³/mol. The van der Waals surface area contributed by atoms with Crippen molar-refractivity contribution < 1.29 is 23.8 Å². The fourth-order valence-corrected chi connectivity index (χ4v) is 6.20. The molecule has 1 unspecified atom stereocenters. The van der Waals surface area contributed by atoms with Crippen LogP contribution in [0.1, 0.15) is 85.2 Å². The third-order valence-corrected chi connectivity index (χ3v) is 8.09. The summed E-state index contributed by atoms with van der Waals surface area (Å²) in [5.41, 5.74) is -0.740. The van der Waals surface area contributed by atoms with Crippen LogP contribution in [0.2, 0.25) is 5.02 Å². The van der Waals surface area contributed by atoms with Gasteiger partial charge in [0, 0.05) is 32.2 Å². The van der Waals surface area contributed by atoms with Gasteiger partial charge in [0.05, 0.1) is 16.7 Å². The Hall–Kier alpha value is -2.51. The number of fused-ring (bicyclic) bond motifs is 1. The lowest BCUT2D eigenvalue weighted by Crippen LogP contribution is -2.49. The van der Waals surface area contributed by atoms with Gasteiger partial charge >= 0.3 is 0 Å². The molecule has 1 fully saturated rings. The van der Waals surface area contributed by atoms with Crippen molar-refractivity contribution in [1.29, 1.82) is 0 Å². The summed E-state index contributed by atoms with van der Waals surface area (Å²) in [6.45, 7) is 5.12. The number of aryl methyl sites for hydroxylation is 1. The first kappa shape index (κ1) is 26.6. The van der Waals surface area contributed by atoms with E-state index >= 15 is 0 Å². The van der Waals surface area contributed by atoms with Gasteiger partial charge in [-0.2, -0.15) is 0 Å². The molecule has 2 aromatic rings. The average molecular weight is 518 g/mol. The number of benzene rings is 1. The molecule has 8 heteroatoms. The second-order valence-corrected chi connectivity index (χ2v) is 10.6. The van der Waals surface area contributed by atoms with E-state index in [9.17, 15) is 23.9 Å². The zero-order valence-electron chi connectivity index (χ0n) is 20.8. The molecule has 1 aromatic carbocycles. The summed E-state index contributed by atoms with van der Waals surface area (Å²) in [5, 5.41) is 10.8. The van der Waals surface area contributed by atoms with Crippen LogP contribution < -0.4 is 5.43 Å². The van der Waals surface area contributed by atoms with E-state index < -0.39 is 22.8 Å². The van der Waals surface area contributed by atoms with E-state index in [0.29, 0.717) is 25.1 Å². The van der Waals surface area contributed by atoms with Crippen LogP contribution in [-0.4, -0.2) is 34.0 Å². The van der Waals surface area contributed by atoms with Gasteiger partial charge in [0.25, 0.3) is 0 Å². The van der Waals surface area contributed by atoms with E-state index in [1.807, 2.05) is 6.92 Å². The molecule has 0 radical (unpaired) electrons. The molecule has 1 saturated carbocycles. The Morgan fingerprint density at radius 2 is 2.03 bits per heavy atom. The van der Waals surface area contributed by atoms with Crippen molar-refractivity contribution in [2.75, 3.05) is 6.61 Å². The molecule has 0 bridgehead atoms. The third kappa shape index (κ3) is 5.00. The number of pyridine rings is 1. The maximum absolute atomic E-state index is 14.2. The third-order valence-electron chi connectivity index (χ3n) is 7.79. The number of halogens is 2. The van der Waals surface area contributed by atoms with E-state index in [0.717, 1.165) is 25.7 Å². The molecule has 1 aliphatic carbocycles. The summed E-state index contributed by atoms with van der Waals surface area (Å²) in [6, 6.07) is 4.72. The molecule has 4 rings (SSSR count). The molecular formula is C28H33ClFNO5. The minimum Gasteiger partial charge on any atom is -0.503 e. The van der Waals surface area contributed by atoms with Gasteiger partial charge in [-0.3, -0.25) is 14.4 Å². The molecule has 0 saturated heterocycles. The quantitative estimate of drug-likeness (QED) is 0.429. The van der Waals surface area contributed by atoms with Crippen LogP contribution >= 0.6 is 11.6 Å². The molecule has 1 atom stereocenters. The first-order valence-electron chi connectivity index (χ1n) is 12.8. The van der Waals surface area contributed by atoms with E-state index in [1.54, 1.807) is 16.7 Å². The van der Waals surface area contributed by atoms with Gasteiger partial charge in [-0.15, -0.1) is 0 Å². The lowest BCUT2D eigenvalue weighted by atomic mass is 9.57. The molecule has 2 heterocycles. The zero-order valence-corrected chi connectivity index (χ0v) is 21.6. The smallest absolute Gasteiger partial charge is 0.234 e. The summed E-state index contributed by atoms with van der Waals surface area (Å²) in [6.07, 6.45) is 5.85. The second kappa shape index (κ2) is 10.9. The van der Waals surface area contributed by atoms with Crippen LogP contribution in [0, 0.1) is 17.2 Å². The normalized spacial score (nSPS) is 23.3. The highest BCUT2D eigenvalue weighted by Crippen LogP contribution is 2.54. The van der Waals surface area contributed by atoms with Gasteiger partial charge < -0.3 is 14.4 Å². The SMILES string of the molecule is CCCC1CC(=O)c2c(O)c(=O)c(C(=O)CCCc3cccc(Cl)c3F)cn2CC12CC(OCC)C2. The number of ketones is 2. The Labute approximate surface area is 215 Å². The van der Waals surface area contributed by atoms with Crippen molar-refractivity contribution in [1.82, 2.24) is 4.57 Å². The number of hydrogen-bond donors (Lipinski definition) is 1. The maximum Gasteiger partial charge on any atom is 0.234 e. The van der Waals surface area contributed by atoms with Crippen molar-refractivity contribution in [2.45, 2.75) is 77.9 Å². The Morgan fingerprint density at radius 3 is 2.72 bits per heavy atom. The van der Waals surface area contributed by atoms with Crippen LogP contribution in [0.3, 0.4) is 0 Å². The molecule has 2 aliphatic rings. The van der Waals surface area contributed by atoms with E-state index in [1.165, 1.54) is 12.3 Å². The molecule has 1 aliphatic heterocycles. The van der Waals surface area contributed by atoms with E-state index in [4.69, 9.17) is 16.3 Å². The number of hydrogen-bond acceptors (Lipinski definition) is 5. The lowest BCUT2D eigenvalue weighted by Gasteiger charge is -2.51. The fraction of sp³-hybridized carbons (Fsp3) is 0.536. The first-order chi connectivity index (χ1) is 17.2. The number of carbonyl (C=O) groups is 2. The van der Waals surface area contributed by atoms with Crippen molar-refractivity contribution in [3.63, 3.8) is 0 Å². The largest absolute Gasteiger partial charge is 0.503 e. The van der Waals surface area contributed by atoms with Crippen molar-refractivity contribution in [3.8, 4) is 5.75 Å². The average Bonchev–Trinajstić information content (AvgIpc) is 2.93. The van der Waals surface area contributed by atoms with Crippen molar-refractivity contribution in [2.24, 2.45) is 11.3 Å². The maximum atomic E-state index is 14.2. The van der Waals surface area contributed by atoms with Gasteiger partial charge in [-0.25, -0.2) is 4.39 Å². The zero-order chi connectivity index (χ0) is 26.0. The Kier molecular flexibility index (Phi) is 8.00. The summed E-state index contributed by atoms with van der Waals surface area (Å²) in [7, 11) is 0. The van der Waals surface area contributed by atoms with Gasteiger partial charge in [0.1, 0.15) is 11.5 Å². The lowest BCUT2D eigenvalue weighted by molar-refractivity contribution is -0.113. The molecule has 6 nitrogen and oxygen atoms in total. The highest BCUT2D eigenvalue weighted by Gasteiger charge is 2.52. The summed E-state index contributed by atoms with van der Waals surface area (Å²) in [4.78, 5) is 39.1. The summed E-state index contributed by atoms with van der Waals surface area (Å²) < 4.78 is 21.6. The van der Waals surface area contributed by atoms with Crippen LogP contribution in [0.5, 0.6) is 5.75 Å². The number of ether oxygens (including phenoxy) is 1. The van der Waals surface area contributed by atoms with Crippen LogP contribution in [0.4, 0.5) is 4.39 Å². The van der Waals surface area contributed by atoms with Gasteiger partial charge in [0.2, 0.25) is 5.43 Å². The number of carbonyl (C=O) groups excluding carboxylic acids is 2. The standard InChI is InChI=1S/C28H33ClFNO5/c1-3-7-18-12-23(33)25-27(35)26(34)20(15-31(25)16-28(18)13-19(14-28)36-4-2)22(32)11-6-9-17-8-5-10-21(29)24(17)30/h5,8,10,15,18-19,35H,3-4,6-7,9,11-14,16H2,1-2H3. The molecular weight excluding hydrogens is 485 g/mol. The minimum atomic E-state index is -0.822. The van der Waals surface area contributed by atoms with E-state index in [2.05, 4.69) is 6.92 Å². The monoisotopic (exact) mass is 517 g/mol. The molecule has 1 N–H and O–H groups in total.